The van der Waals surface area contributed by atoms with Gasteiger partial charge >= 0.3 is 12.1 Å². The summed E-state index contributed by atoms with van der Waals surface area (Å²) in [4.78, 5) is 15.9. The monoisotopic (exact) mass is 490 g/mol. The zero-order chi connectivity index (χ0) is 23.0. The van der Waals surface area contributed by atoms with Crippen LogP contribution >= 0.6 is 22.9 Å². The molecule has 0 N–H and O–H groups in total. The number of halogens is 4. The summed E-state index contributed by atoms with van der Waals surface area (Å²) in [6.07, 6.45) is -4.80. The van der Waals surface area contributed by atoms with Crippen molar-refractivity contribution < 1.29 is 31.1 Å². The maximum Gasteiger partial charge on any atom is 0.417 e. The van der Waals surface area contributed by atoms with Crippen LogP contribution in [0.1, 0.15) is 20.9 Å². The number of ether oxygens (including phenoxy) is 1. The van der Waals surface area contributed by atoms with E-state index in [0.29, 0.717) is 16.6 Å². The fraction of sp³-hybridized carbons (Fsp3) is 0.158. The van der Waals surface area contributed by atoms with Gasteiger partial charge in [-0.1, -0.05) is 11.6 Å². The molecule has 1 heterocycles. The van der Waals surface area contributed by atoms with Crippen LogP contribution in [-0.2, 0) is 16.2 Å². The third-order valence-corrected chi connectivity index (χ3v) is 7.26. The topological polar surface area (TPSA) is 76.6 Å². The van der Waals surface area contributed by atoms with Crippen LogP contribution in [0.25, 0.3) is 0 Å². The number of aryl methyl sites for hydroxylation is 1. The fourth-order valence-electron chi connectivity index (χ4n) is 2.55. The van der Waals surface area contributed by atoms with Crippen LogP contribution in [0.5, 0.6) is 5.75 Å². The third-order valence-electron chi connectivity index (χ3n) is 4.24. The first-order valence-corrected chi connectivity index (χ1v) is 11.2. The van der Waals surface area contributed by atoms with Gasteiger partial charge in [0, 0.05) is 7.05 Å². The first kappa shape index (κ1) is 23.0. The van der Waals surface area contributed by atoms with Crippen LogP contribution in [0.15, 0.2) is 52.9 Å². The predicted octanol–water partition coefficient (Wildman–Crippen LogP) is 5.17. The van der Waals surface area contributed by atoms with Crippen molar-refractivity contribution in [2.75, 3.05) is 11.4 Å². The van der Waals surface area contributed by atoms with Crippen molar-refractivity contribution >= 4 is 44.6 Å². The van der Waals surface area contributed by atoms with Gasteiger partial charge in [0.1, 0.15) is 10.6 Å². The zero-order valence-electron chi connectivity index (χ0n) is 16.0. The van der Waals surface area contributed by atoms with Crippen molar-refractivity contribution in [1.29, 1.82) is 0 Å². The maximum absolute atomic E-state index is 13.1. The lowest BCUT2D eigenvalue weighted by Crippen LogP contribution is -2.27. The van der Waals surface area contributed by atoms with Gasteiger partial charge in [0.05, 0.1) is 32.4 Å². The summed E-state index contributed by atoms with van der Waals surface area (Å²) in [5, 5.41) is -0.601. The molecule has 0 unspecified atom stereocenters. The van der Waals surface area contributed by atoms with E-state index in [1.165, 1.54) is 36.8 Å². The van der Waals surface area contributed by atoms with Gasteiger partial charge in [-0.15, -0.1) is 11.3 Å². The summed E-state index contributed by atoms with van der Waals surface area (Å²) in [7, 11) is -3.11. The summed E-state index contributed by atoms with van der Waals surface area (Å²) in [6, 6.07) is 7.84. The number of thiazole rings is 1. The van der Waals surface area contributed by atoms with E-state index in [1.807, 2.05) is 0 Å². The summed E-state index contributed by atoms with van der Waals surface area (Å²) >= 11 is 6.69. The molecule has 12 heteroatoms. The molecule has 0 bridgehead atoms. The van der Waals surface area contributed by atoms with E-state index in [1.54, 1.807) is 6.92 Å². The number of alkyl halides is 3. The molecular weight excluding hydrogens is 477 g/mol. The molecule has 0 spiro atoms. The first-order valence-electron chi connectivity index (χ1n) is 8.49. The molecule has 3 rings (SSSR count). The van der Waals surface area contributed by atoms with E-state index in [0.717, 1.165) is 27.8 Å². The second kappa shape index (κ2) is 8.48. The fourth-order valence-corrected chi connectivity index (χ4v) is 4.68. The standard InChI is InChI=1S/C19H14ClF3N2O4S2/c1-11-17(30-10-24-11)18(26)29-13-5-3-12(4-6-13)25(2)31(27,28)14-7-8-16(20)15(9-14)19(21,22)23/h3-10H,1-2H3. The SMILES string of the molecule is Cc1ncsc1C(=O)Oc1ccc(N(C)S(=O)(=O)c2ccc(Cl)c(C(F)(F)F)c2)cc1. The Hall–Kier alpha value is -2.63. The van der Waals surface area contributed by atoms with Gasteiger partial charge in [-0.3, -0.25) is 4.31 Å². The minimum absolute atomic E-state index is 0.150. The van der Waals surface area contributed by atoms with E-state index in [4.69, 9.17) is 16.3 Å². The van der Waals surface area contributed by atoms with E-state index in [2.05, 4.69) is 4.98 Å². The highest BCUT2D eigenvalue weighted by Gasteiger charge is 2.35. The van der Waals surface area contributed by atoms with Crippen molar-refractivity contribution in [2.45, 2.75) is 18.0 Å². The Labute approximate surface area is 184 Å². The number of sulfonamides is 1. The Kier molecular flexibility index (Phi) is 6.30. The number of hydrogen-bond donors (Lipinski definition) is 0. The van der Waals surface area contributed by atoms with Crippen LogP contribution in [-0.4, -0.2) is 26.4 Å². The molecular formula is C19H14ClF3N2O4S2. The minimum atomic E-state index is -4.80. The van der Waals surface area contributed by atoms with Crippen molar-refractivity contribution in [2.24, 2.45) is 0 Å². The number of anilines is 1. The highest BCUT2D eigenvalue weighted by atomic mass is 35.5. The van der Waals surface area contributed by atoms with E-state index >= 15 is 0 Å². The molecule has 0 fully saturated rings. The molecule has 0 amide bonds. The Balaban J connectivity index is 1.83. The van der Waals surface area contributed by atoms with Gasteiger partial charge < -0.3 is 4.74 Å². The lowest BCUT2D eigenvalue weighted by molar-refractivity contribution is -0.137. The molecule has 0 aliphatic heterocycles. The number of hydrogen-bond acceptors (Lipinski definition) is 6. The molecule has 3 aromatic rings. The molecule has 6 nitrogen and oxygen atoms in total. The summed E-state index contributed by atoms with van der Waals surface area (Å²) in [6.45, 7) is 1.66. The second-order valence-corrected chi connectivity index (χ2v) is 9.49. The van der Waals surface area contributed by atoms with Gasteiger partial charge in [-0.25, -0.2) is 18.2 Å². The van der Waals surface area contributed by atoms with Crippen LogP contribution in [0.2, 0.25) is 5.02 Å². The molecule has 2 aromatic carbocycles. The molecule has 0 radical (unpaired) electrons. The van der Waals surface area contributed by atoms with E-state index < -0.39 is 37.7 Å². The molecule has 164 valence electrons. The van der Waals surface area contributed by atoms with Gasteiger partial charge in [0.25, 0.3) is 10.0 Å². The largest absolute Gasteiger partial charge is 0.422 e. The summed E-state index contributed by atoms with van der Waals surface area (Å²) < 4.78 is 70.9. The Morgan fingerprint density at radius 2 is 1.81 bits per heavy atom. The lowest BCUT2D eigenvalue weighted by atomic mass is 10.2. The van der Waals surface area contributed by atoms with Crippen molar-refractivity contribution in [3.05, 3.63) is 69.1 Å². The molecule has 0 atom stereocenters. The quantitative estimate of drug-likeness (QED) is 0.364. The van der Waals surface area contributed by atoms with Crippen LogP contribution < -0.4 is 9.04 Å². The Morgan fingerprint density at radius 3 is 2.35 bits per heavy atom. The van der Waals surface area contributed by atoms with Crippen molar-refractivity contribution in [3.8, 4) is 5.75 Å². The highest BCUT2D eigenvalue weighted by molar-refractivity contribution is 7.92. The van der Waals surface area contributed by atoms with E-state index in [9.17, 15) is 26.4 Å². The molecule has 0 aliphatic carbocycles. The number of esters is 1. The summed E-state index contributed by atoms with van der Waals surface area (Å²) in [5.74, 6) is -0.437. The van der Waals surface area contributed by atoms with Crippen LogP contribution in [0, 0.1) is 6.92 Å². The van der Waals surface area contributed by atoms with Crippen molar-refractivity contribution in [3.63, 3.8) is 0 Å². The lowest BCUT2D eigenvalue weighted by Gasteiger charge is -2.20. The number of carbonyl (C=O) groups is 1. The molecule has 1 aromatic heterocycles. The smallest absolute Gasteiger partial charge is 0.417 e. The molecule has 0 aliphatic rings. The van der Waals surface area contributed by atoms with Gasteiger partial charge in [0.2, 0.25) is 0 Å². The molecule has 0 saturated heterocycles. The Morgan fingerprint density at radius 1 is 1.16 bits per heavy atom. The predicted molar refractivity (Wildman–Crippen MR) is 110 cm³/mol. The second-order valence-electron chi connectivity index (χ2n) is 6.26. The number of carbonyl (C=O) groups excluding carboxylic acids is 1. The minimum Gasteiger partial charge on any atom is -0.422 e. The third kappa shape index (κ3) is 4.83. The summed E-state index contributed by atoms with van der Waals surface area (Å²) in [5.41, 5.74) is 0.940. The molecule has 0 saturated carbocycles. The van der Waals surface area contributed by atoms with Crippen molar-refractivity contribution in [1.82, 2.24) is 4.98 Å². The number of nitrogens with zero attached hydrogens (tertiary/aromatic N) is 2. The van der Waals surface area contributed by atoms with Crippen LogP contribution in [0.4, 0.5) is 18.9 Å². The number of benzene rings is 2. The first-order chi connectivity index (χ1) is 14.4. The number of rotatable bonds is 5. The average Bonchev–Trinajstić information content (AvgIpc) is 3.13. The normalized spacial score (nSPS) is 11.9. The molecule has 31 heavy (non-hydrogen) atoms. The number of aromatic nitrogens is 1. The van der Waals surface area contributed by atoms with E-state index in [-0.39, 0.29) is 11.4 Å². The Bertz CT molecular complexity index is 1230. The van der Waals surface area contributed by atoms with Gasteiger partial charge in [-0.2, -0.15) is 13.2 Å². The zero-order valence-corrected chi connectivity index (χ0v) is 18.4. The van der Waals surface area contributed by atoms with Crippen LogP contribution in [0.3, 0.4) is 0 Å². The highest BCUT2D eigenvalue weighted by Crippen LogP contribution is 2.36. The van der Waals surface area contributed by atoms with Gasteiger partial charge in [0.15, 0.2) is 0 Å². The van der Waals surface area contributed by atoms with Gasteiger partial charge in [-0.05, 0) is 49.4 Å². The maximum atomic E-state index is 13.1. The average molecular weight is 491 g/mol.